The molecule has 0 atom stereocenters. The molecule has 6 nitrogen and oxygen atoms in total. The average Bonchev–Trinajstić information content (AvgIpc) is 2.76. The molecule has 0 bridgehead atoms. The molecule has 0 radical (unpaired) electrons. The number of aromatic nitrogens is 4. The standard InChI is InChI=1S/C9H13N5O/c1-5(2)3-6-8(15-13-9(6)10)7-4-11-14-12-7/h4-5H,3H2,1-2H3,(H2,10,13)(H,11,12,14). The van der Waals surface area contributed by atoms with Crippen molar-refractivity contribution in [2.75, 3.05) is 5.73 Å². The van der Waals surface area contributed by atoms with Crippen LogP contribution in [0.25, 0.3) is 11.5 Å². The van der Waals surface area contributed by atoms with Gasteiger partial charge < -0.3 is 10.3 Å². The number of hydrogen-bond acceptors (Lipinski definition) is 5. The maximum absolute atomic E-state index is 5.73. The van der Waals surface area contributed by atoms with Gasteiger partial charge in [-0.15, -0.1) is 0 Å². The van der Waals surface area contributed by atoms with Crippen molar-refractivity contribution in [2.24, 2.45) is 5.92 Å². The van der Waals surface area contributed by atoms with Crippen LogP contribution < -0.4 is 5.73 Å². The van der Waals surface area contributed by atoms with Gasteiger partial charge in [0.25, 0.3) is 0 Å². The molecule has 0 aliphatic rings. The summed E-state index contributed by atoms with van der Waals surface area (Å²) in [6.45, 7) is 4.22. The second-order valence-electron chi connectivity index (χ2n) is 3.83. The van der Waals surface area contributed by atoms with Gasteiger partial charge in [0.2, 0.25) is 0 Å². The molecule has 3 N–H and O–H groups in total. The third kappa shape index (κ3) is 1.83. The van der Waals surface area contributed by atoms with E-state index >= 15 is 0 Å². The zero-order valence-corrected chi connectivity index (χ0v) is 8.69. The Morgan fingerprint density at radius 3 is 2.93 bits per heavy atom. The van der Waals surface area contributed by atoms with E-state index < -0.39 is 0 Å². The molecule has 0 aromatic carbocycles. The van der Waals surface area contributed by atoms with Gasteiger partial charge in [0.05, 0.1) is 6.20 Å². The second-order valence-corrected chi connectivity index (χ2v) is 3.83. The van der Waals surface area contributed by atoms with Crippen LogP contribution in [0.2, 0.25) is 0 Å². The lowest BCUT2D eigenvalue weighted by Crippen LogP contribution is -1.99. The van der Waals surface area contributed by atoms with Crippen LogP contribution in [-0.4, -0.2) is 20.6 Å². The molecule has 6 heteroatoms. The summed E-state index contributed by atoms with van der Waals surface area (Å²) >= 11 is 0. The zero-order chi connectivity index (χ0) is 10.8. The van der Waals surface area contributed by atoms with E-state index in [1.807, 2.05) is 0 Å². The van der Waals surface area contributed by atoms with Crippen LogP contribution in [0.3, 0.4) is 0 Å². The maximum atomic E-state index is 5.73. The summed E-state index contributed by atoms with van der Waals surface area (Å²) in [5, 5.41) is 13.9. The molecule has 2 heterocycles. The summed E-state index contributed by atoms with van der Waals surface area (Å²) in [7, 11) is 0. The van der Waals surface area contributed by atoms with Gasteiger partial charge in [0, 0.05) is 5.56 Å². The van der Waals surface area contributed by atoms with E-state index in [4.69, 9.17) is 10.3 Å². The molecule has 0 aliphatic heterocycles. The van der Waals surface area contributed by atoms with E-state index in [2.05, 4.69) is 34.4 Å². The van der Waals surface area contributed by atoms with Crippen molar-refractivity contribution in [1.82, 2.24) is 20.6 Å². The van der Waals surface area contributed by atoms with Crippen LogP contribution in [0.1, 0.15) is 19.4 Å². The summed E-state index contributed by atoms with van der Waals surface area (Å²) in [6.07, 6.45) is 2.40. The summed E-state index contributed by atoms with van der Waals surface area (Å²) in [4.78, 5) is 0. The largest absolute Gasteiger partial charge is 0.381 e. The minimum Gasteiger partial charge on any atom is -0.381 e. The predicted octanol–water partition coefficient (Wildman–Crippen LogP) is 1.24. The molecular formula is C9H13N5O. The number of hydrogen-bond donors (Lipinski definition) is 2. The highest BCUT2D eigenvalue weighted by Gasteiger charge is 2.18. The smallest absolute Gasteiger partial charge is 0.194 e. The van der Waals surface area contributed by atoms with Crippen LogP contribution in [0, 0.1) is 5.92 Å². The first-order valence-corrected chi connectivity index (χ1v) is 4.78. The van der Waals surface area contributed by atoms with Gasteiger partial charge >= 0.3 is 0 Å². The number of anilines is 1. The second kappa shape index (κ2) is 3.72. The number of nitrogens with one attached hydrogen (secondary N) is 1. The van der Waals surface area contributed by atoms with Crippen molar-refractivity contribution in [3.63, 3.8) is 0 Å². The first-order chi connectivity index (χ1) is 7.18. The van der Waals surface area contributed by atoms with Gasteiger partial charge in [0.15, 0.2) is 17.3 Å². The van der Waals surface area contributed by atoms with Gasteiger partial charge in [-0.25, -0.2) is 0 Å². The third-order valence-electron chi connectivity index (χ3n) is 2.08. The monoisotopic (exact) mass is 207 g/mol. The minimum atomic E-state index is 0.432. The summed E-state index contributed by atoms with van der Waals surface area (Å²) in [5.41, 5.74) is 7.27. The fourth-order valence-electron chi connectivity index (χ4n) is 1.44. The number of aromatic amines is 1. The molecule has 2 aromatic rings. The fraction of sp³-hybridized carbons (Fsp3) is 0.444. The lowest BCUT2D eigenvalue weighted by molar-refractivity contribution is 0.433. The van der Waals surface area contributed by atoms with Crippen LogP contribution >= 0.6 is 0 Å². The maximum Gasteiger partial charge on any atom is 0.194 e. The molecule has 0 saturated heterocycles. The predicted molar refractivity (Wildman–Crippen MR) is 54.8 cm³/mol. The molecule has 2 rings (SSSR count). The first kappa shape index (κ1) is 9.70. The van der Waals surface area contributed by atoms with E-state index in [9.17, 15) is 0 Å². The number of H-pyrrole nitrogens is 1. The Kier molecular flexibility index (Phi) is 2.40. The van der Waals surface area contributed by atoms with Crippen molar-refractivity contribution < 1.29 is 4.52 Å². The highest BCUT2D eigenvalue weighted by molar-refractivity contribution is 5.61. The van der Waals surface area contributed by atoms with Crippen LogP contribution in [0.5, 0.6) is 0 Å². The van der Waals surface area contributed by atoms with Gasteiger partial charge in [-0.05, 0) is 12.3 Å². The van der Waals surface area contributed by atoms with Crippen molar-refractivity contribution in [1.29, 1.82) is 0 Å². The molecule has 0 spiro atoms. The molecule has 15 heavy (non-hydrogen) atoms. The summed E-state index contributed by atoms with van der Waals surface area (Å²) in [5.74, 6) is 1.52. The van der Waals surface area contributed by atoms with Gasteiger partial charge in [-0.3, -0.25) is 0 Å². The SMILES string of the molecule is CC(C)Cc1c(N)noc1-c1cn[nH]n1. The molecule has 80 valence electrons. The van der Waals surface area contributed by atoms with Gasteiger partial charge in [0.1, 0.15) is 0 Å². The third-order valence-corrected chi connectivity index (χ3v) is 2.08. The Labute approximate surface area is 86.8 Å². The summed E-state index contributed by atoms with van der Waals surface area (Å²) < 4.78 is 5.14. The fourth-order valence-corrected chi connectivity index (χ4v) is 1.44. The Morgan fingerprint density at radius 2 is 2.33 bits per heavy atom. The van der Waals surface area contributed by atoms with Gasteiger partial charge in [-0.2, -0.15) is 15.4 Å². The molecule has 0 aliphatic carbocycles. The Balaban J connectivity index is 2.40. The normalized spacial score (nSPS) is 11.1. The van der Waals surface area contributed by atoms with Crippen molar-refractivity contribution >= 4 is 5.82 Å². The number of rotatable bonds is 3. The number of nitrogens with two attached hydrogens (primary N) is 1. The van der Waals surface area contributed by atoms with E-state index in [0.29, 0.717) is 23.2 Å². The molecule has 0 fully saturated rings. The van der Waals surface area contributed by atoms with E-state index in [-0.39, 0.29) is 0 Å². The molecule has 0 unspecified atom stereocenters. The minimum absolute atomic E-state index is 0.432. The summed E-state index contributed by atoms with van der Waals surface area (Å²) in [6, 6.07) is 0. The first-order valence-electron chi connectivity index (χ1n) is 4.78. The Morgan fingerprint density at radius 1 is 1.53 bits per heavy atom. The van der Waals surface area contributed by atoms with Crippen molar-refractivity contribution in [2.45, 2.75) is 20.3 Å². The highest BCUT2D eigenvalue weighted by atomic mass is 16.5. The van der Waals surface area contributed by atoms with E-state index in [0.717, 1.165) is 12.0 Å². The number of nitrogen functional groups attached to an aromatic ring is 1. The highest BCUT2D eigenvalue weighted by Crippen LogP contribution is 2.27. The van der Waals surface area contributed by atoms with E-state index in [1.165, 1.54) is 0 Å². The Bertz CT molecular complexity index is 431. The molecule has 0 saturated carbocycles. The van der Waals surface area contributed by atoms with Crippen LogP contribution in [0.15, 0.2) is 10.7 Å². The molecule has 0 amide bonds. The average molecular weight is 207 g/mol. The van der Waals surface area contributed by atoms with E-state index in [1.54, 1.807) is 6.20 Å². The molecular weight excluding hydrogens is 194 g/mol. The lowest BCUT2D eigenvalue weighted by Gasteiger charge is -2.02. The van der Waals surface area contributed by atoms with Gasteiger partial charge in [-0.1, -0.05) is 19.0 Å². The van der Waals surface area contributed by atoms with Crippen LogP contribution in [-0.2, 0) is 6.42 Å². The molecule has 2 aromatic heterocycles. The Hall–Kier alpha value is -1.85. The lowest BCUT2D eigenvalue weighted by atomic mass is 10.0. The number of nitrogens with zero attached hydrogens (tertiary/aromatic N) is 3. The topological polar surface area (TPSA) is 93.6 Å². The van der Waals surface area contributed by atoms with Crippen LogP contribution in [0.4, 0.5) is 5.82 Å². The quantitative estimate of drug-likeness (QED) is 0.789. The zero-order valence-electron chi connectivity index (χ0n) is 8.69. The van der Waals surface area contributed by atoms with Crippen molar-refractivity contribution in [3.05, 3.63) is 11.8 Å². The van der Waals surface area contributed by atoms with Crippen molar-refractivity contribution in [3.8, 4) is 11.5 Å².